The van der Waals surface area contributed by atoms with E-state index in [9.17, 15) is 0 Å². The van der Waals surface area contributed by atoms with Crippen molar-refractivity contribution in [1.29, 1.82) is 5.26 Å². The molecule has 0 aromatic carbocycles. The largest absolute Gasteiger partial charge is 0.354 e. The summed E-state index contributed by atoms with van der Waals surface area (Å²) in [5.41, 5.74) is 2.56. The van der Waals surface area contributed by atoms with Crippen LogP contribution in [0.4, 0.5) is 5.82 Å². The Hall–Kier alpha value is -2.62. The molecule has 0 saturated carbocycles. The molecule has 25 heavy (non-hydrogen) atoms. The van der Waals surface area contributed by atoms with Gasteiger partial charge in [0, 0.05) is 51.3 Å². The molecule has 3 aromatic rings. The number of anilines is 1. The quantitative estimate of drug-likeness (QED) is 0.725. The number of pyridine rings is 2. The first-order chi connectivity index (χ1) is 12.2. The second-order valence-electron chi connectivity index (χ2n) is 6.13. The molecule has 0 bridgehead atoms. The number of fused-ring (bicyclic) bond motifs is 1. The van der Waals surface area contributed by atoms with Gasteiger partial charge in [-0.15, -0.1) is 0 Å². The van der Waals surface area contributed by atoms with Crippen LogP contribution in [0.5, 0.6) is 0 Å². The third-order valence-electron chi connectivity index (χ3n) is 4.42. The monoisotopic (exact) mass is 352 g/mol. The Morgan fingerprint density at radius 2 is 1.92 bits per heavy atom. The van der Waals surface area contributed by atoms with Crippen molar-refractivity contribution in [2.24, 2.45) is 0 Å². The topological polar surface area (TPSA) is 60.5 Å². The number of aromatic nitrogens is 3. The van der Waals surface area contributed by atoms with E-state index in [1.165, 1.54) is 0 Å². The zero-order valence-corrected chi connectivity index (χ0v) is 14.4. The van der Waals surface area contributed by atoms with Crippen molar-refractivity contribution in [2.75, 3.05) is 31.1 Å². The van der Waals surface area contributed by atoms with Crippen LogP contribution in [0.3, 0.4) is 0 Å². The van der Waals surface area contributed by atoms with Crippen LogP contribution < -0.4 is 4.90 Å². The van der Waals surface area contributed by atoms with Crippen LogP contribution in [0.25, 0.3) is 5.65 Å². The summed E-state index contributed by atoms with van der Waals surface area (Å²) in [4.78, 5) is 13.7. The fraction of sp³-hybridized carbons (Fsp3) is 0.278. The minimum absolute atomic E-state index is 0.592. The zero-order chi connectivity index (χ0) is 17.2. The highest BCUT2D eigenvalue weighted by Crippen LogP contribution is 2.16. The van der Waals surface area contributed by atoms with Crippen molar-refractivity contribution in [2.45, 2.75) is 6.54 Å². The Morgan fingerprint density at radius 1 is 1.08 bits per heavy atom. The maximum atomic E-state index is 8.86. The van der Waals surface area contributed by atoms with Gasteiger partial charge in [0.15, 0.2) is 0 Å². The molecule has 6 nitrogen and oxygen atoms in total. The molecule has 1 aliphatic heterocycles. The van der Waals surface area contributed by atoms with E-state index in [1.807, 2.05) is 41.1 Å². The van der Waals surface area contributed by atoms with Crippen molar-refractivity contribution in [1.82, 2.24) is 19.3 Å². The number of hydrogen-bond donors (Lipinski definition) is 0. The normalized spacial score (nSPS) is 15.4. The second kappa shape index (κ2) is 6.71. The molecule has 3 aromatic heterocycles. The van der Waals surface area contributed by atoms with Gasteiger partial charge in [0.1, 0.15) is 17.5 Å². The van der Waals surface area contributed by atoms with E-state index in [0.717, 1.165) is 49.9 Å². The lowest BCUT2D eigenvalue weighted by Crippen LogP contribution is -2.46. The van der Waals surface area contributed by atoms with Crippen molar-refractivity contribution in [3.05, 3.63) is 59.1 Å². The average Bonchev–Trinajstić information content (AvgIpc) is 3.04. The summed E-state index contributed by atoms with van der Waals surface area (Å²) in [6.45, 7) is 4.57. The molecular formula is C18H17ClN6. The Balaban J connectivity index is 1.38. The first-order valence-electron chi connectivity index (χ1n) is 8.18. The number of hydrogen-bond acceptors (Lipinski definition) is 5. The summed E-state index contributed by atoms with van der Waals surface area (Å²) in [5, 5.41) is 9.56. The number of nitriles is 1. The molecule has 0 radical (unpaired) electrons. The fourth-order valence-electron chi connectivity index (χ4n) is 3.10. The number of halogens is 1. The lowest BCUT2D eigenvalue weighted by Gasteiger charge is -2.35. The molecule has 4 rings (SSSR count). The molecule has 0 amide bonds. The average molecular weight is 353 g/mol. The van der Waals surface area contributed by atoms with Crippen LogP contribution in [0.1, 0.15) is 11.3 Å². The first kappa shape index (κ1) is 15.9. The molecule has 0 spiro atoms. The van der Waals surface area contributed by atoms with Crippen LogP contribution in [-0.2, 0) is 6.54 Å². The number of rotatable bonds is 3. The molecule has 0 N–H and O–H groups in total. The van der Waals surface area contributed by atoms with Gasteiger partial charge in [0.05, 0.1) is 16.3 Å². The van der Waals surface area contributed by atoms with E-state index >= 15 is 0 Å². The van der Waals surface area contributed by atoms with Crippen LogP contribution >= 0.6 is 11.6 Å². The van der Waals surface area contributed by atoms with Gasteiger partial charge >= 0.3 is 0 Å². The Bertz CT molecular complexity index is 919. The van der Waals surface area contributed by atoms with Crippen LogP contribution in [0.2, 0.25) is 5.02 Å². The highest BCUT2D eigenvalue weighted by Gasteiger charge is 2.19. The molecule has 1 fully saturated rings. The minimum atomic E-state index is 0.592. The maximum absolute atomic E-state index is 8.86. The van der Waals surface area contributed by atoms with E-state index in [2.05, 4.69) is 25.8 Å². The summed E-state index contributed by atoms with van der Waals surface area (Å²) < 4.78 is 1.97. The van der Waals surface area contributed by atoms with Gasteiger partial charge in [-0.25, -0.2) is 9.97 Å². The zero-order valence-electron chi connectivity index (χ0n) is 13.6. The summed E-state index contributed by atoms with van der Waals surface area (Å²) >= 11 is 6.02. The summed E-state index contributed by atoms with van der Waals surface area (Å²) in [6, 6.07) is 9.62. The van der Waals surface area contributed by atoms with E-state index in [-0.39, 0.29) is 0 Å². The molecule has 1 aliphatic rings. The van der Waals surface area contributed by atoms with Crippen molar-refractivity contribution < 1.29 is 0 Å². The number of imidazole rings is 1. The Kier molecular flexibility index (Phi) is 4.26. The van der Waals surface area contributed by atoms with Gasteiger partial charge in [-0.1, -0.05) is 11.6 Å². The lowest BCUT2D eigenvalue weighted by molar-refractivity contribution is 0.247. The third-order valence-corrected chi connectivity index (χ3v) is 4.65. The van der Waals surface area contributed by atoms with Crippen LogP contribution in [0, 0.1) is 11.3 Å². The molecule has 1 saturated heterocycles. The Morgan fingerprint density at radius 3 is 2.64 bits per heavy atom. The maximum Gasteiger partial charge on any atom is 0.137 e. The molecule has 0 aliphatic carbocycles. The van der Waals surface area contributed by atoms with Gasteiger partial charge < -0.3 is 9.30 Å². The summed E-state index contributed by atoms with van der Waals surface area (Å²) in [7, 11) is 0. The van der Waals surface area contributed by atoms with Crippen LogP contribution in [-0.4, -0.2) is 45.4 Å². The molecule has 0 unspecified atom stereocenters. The van der Waals surface area contributed by atoms with Gasteiger partial charge in [-0.3, -0.25) is 4.90 Å². The molecule has 0 atom stereocenters. The molecule has 7 heteroatoms. The first-order valence-corrected chi connectivity index (χ1v) is 8.56. The predicted molar refractivity (Wildman–Crippen MR) is 96.6 cm³/mol. The number of nitrogens with zero attached hydrogens (tertiary/aromatic N) is 6. The fourth-order valence-corrected chi connectivity index (χ4v) is 3.26. The van der Waals surface area contributed by atoms with E-state index < -0.39 is 0 Å². The Labute approximate surface area is 150 Å². The molecular weight excluding hydrogens is 336 g/mol. The predicted octanol–water partition coefficient (Wildman–Crippen LogP) is 2.58. The number of piperazine rings is 1. The van der Waals surface area contributed by atoms with Gasteiger partial charge in [0.25, 0.3) is 0 Å². The summed E-state index contributed by atoms with van der Waals surface area (Å²) in [6.07, 6.45) is 5.54. The highest BCUT2D eigenvalue weighted by molar-refractivity contribution is 6.30. The third kappa shape index (κ3) is 3.43. The van der Waals surface area contributed by atoms with E-state index in [4.69, 9.17) is 16.9 Å². The standard InChI is InChI=1S/C18H17ClN6/c19-15-2-4-18-22-16(13-25(18)11-15)12-23-5-7-24(8-6-23)17-3-1-14(9-20)10-21-17/h1-4,10-11,13H,5-8,12H2. The van der Waals surface area contributed by atoms with Crippen molar-refractivity contribution in [3.8, 4) is 6.07 Å². The SMILES string of the molecule is N#Cc1ccc(N2CCN(Cc3cn4cc(Cl)ccc4n3)CC2)nc1. The second-order valence-corrected chi connectivity index (χ2v) is 6.56. The van der Waals surface area contributed by atoms with Crippen molar-refractivity contribution >= 4 is 23.1 Å². The molecule has 126 valence electrons. The van der Waals surface area contributed by atoms with E-state index in [1.54, 1.807) is 6.20 Å². The highest BCUT2D eigenvalue weighted by atomic mass is 35.5. The van der Waals surface area contributed by atoms with Crippen LogP contribution in [0.15, 0.2) is 42.9 Å². The smallest absolute Gasteiger partial charge is 0.137 e. The van der Waals surface area contributed by atoms with E-state index in [0.29, 0.717) is 10.6 Å². The summed E-state index contributed by atoms with van der Waals surface area (Å²) in [5.74, 6) is 0.932. The van der Waals surface area contributed by atoms with Gasteiger partial charge in [0.2, 0.25) is 0 Å². The lowest BCUT2D eigenvalue weighted by atomic mass is 10.2. The molecule has 4 heterocycles. The van der Waals surface area contributed by atoms with Crippen molar-refractivity contribution in [3.63, 3.8) is 0 Å². The van der Waals surface area contributed by atoms with Gasteiger partial charge in [-0.05, 0) is 24.3 Å². The minimum Gasteiger partial charge on any atom is -0.354 e. The van der Waals surface area contributed by atoms with Gasteiger partial charge in [-0.2, -0.15) is 5.26 Å².